The van der Waals surface area contributed by atoms with Crippen LogP contribution in [0.3, 0.4) is 0 Å². The van der Waals surface area contributed by atoms with Crippen LogP contribution in [-0.2, 0) is 9.53 Å². The fraction of sp³-hybridized carbons (Fsp3) is 0.364. The SMILES string of the molecule is N#Cc1cnc2ccc(/C=C3\SC(=NC4CC4)NC3=O)cc2c1OC1CCOCC1. The molecule has 2 saturated heterocycles. The summed E-state index contributed by atoms with van der Waals surface area (Å²) in [6.45, 7) is 1.31. The number of nitrogens with zero attached hydrogens (tertiary/aromatic N) is 3. The van der Waals surface area contributed by atoms with E-state index in [0.717, 1.165) is 42.1 Å². The Kier molecular flexibility index (Phi) is 5.15. The van der Waals surface area contributed by atoms with Gasteiger partial charge in [-0.15, -0.1) is 0 Å². The monoisotopic (exact) mass is 420 g/mol. The first-order chi connectivity index (χ1) is 14.7. The van der Waals surface area contributed by atoms with E-state index in [2.05, 4.69) is 21.4 Å². The number of amides is 1. The first kappa shape index (κ1) is 19.1. The van der Waals surface area contributed by atoms with Crippen molar-refractivity contribution in [3.05, 3.63) is 40.4 Å². The smallest absolute Gasteiger partial charge is 0.264 e. The summed E-state index contributed by atoms with van der Waals surface area (Å²) in [6.07, 6.45) is 7.16. The molecule has 0 spiro atoms. The maximum Gasteiger partial charge on any atom is 0.264 e. The lowest BCUT2D eigenvalue weighted by atomic mass is 10.1. The first-order valence-electron chi connectivity index (χ1n) is 10.1. The van der Waals surface area contributed by atoms with Gasteiger partial charge in [0.15, 0.2) is 5.17 Å². The Morgan fingerprint density at radius 1 is 1.30 bits per heavy atom. The van der Waals surface area contributed by atoms with Crippen molar-refractivity contribution in [1.82, 2.24) is 10.3 Å². The number of nitriles is 1. The molecule has 152 valence electrons. The molecule has 2 aromatic rings. The molecule has 1 aliphatic carbocycles. The quantitative estimate of drug-likeness (QED) is 0.762. The van der Waals surface area contributed by atoms with Gasteiger partial charge in [-0.3, -0.25) is 14.8 Å². The molecule has 2 aliphatic heterocycles. The fourth-order valence-corrected chi connectivity index (χ4v) is 4.34. The second-order valence-electron chi connectivity index (χ2n) is 7.55. The van der Waals surface area contributed by atoms with Crippen LogP contribution in [0, 0.1) is 11.3 Å². The molecule has 30 heavy (non-hydrogen) atoms. The summed E-state index contributed by atoms with van der Waals surface area (Å²) in [7, 11) is 0. The highest BCUT2D eigenvalue weighted by molar-refractivity contribution is 8.18. The Hall–Kier alpha value is -2.89. The van der Waals surface area contributed by atoms with Gasteiger partial charge in [0, 0.05) is 24.4 Å². The maximum absolute atomic E-state index is 12.3. The molecule has 8 heteroatoms. The van der Waals surface area contributed by atoms with Gasteiger partial charge in [0.05, 0.1) is 29.7 Å². The van der Waals surface area contributed by atoms with E-state index in [-0.39, 0.29) is 12.0 Å². The number of carbonyl (C=O) groups is 1. The summed E-state index contributed by atoms with van der Waals surface area (Å²) >= 11 is 1.37. The average Bonchev–Trinajstić information content (AvgIpc) is 3.51. The second-order valence-corrected chi connectivity index (χ2v) is 8.58. The molecule has 1 aromatic carbocycles. The Bertz CT molecular complexity index is 1110. The second kappa shape index (κ2) is 8.09. The summed E-state index contributed by atoms with van der Waals surface area (Å²) in [5.41, 5.74) is 2.00. The molecule has 7 nitrogen and oxygen atoms in total. The fourth-order valence-electron chi connectivity index (χ4n) is 3.45. The van der Waals surface area contributed by atoms with Crippen molar-refractivity contribution < 1.29 is 14.3 Å². The molecule has 1 amide bonds. The number of nitrogens with one attached hydrogen (secondary N) is 1. The van der Waals surface area contributed by atoms with E-state index in [1.807, 2.05) is 24.3 Å². The third-order valence-electron chi connectivity index (χ3n) is 5.21. The zero-order chi connectivity index (χ0) is 20.5. The number of hydrogen-bond acceptors (Lipinski definition) is 7. The van der Waals surface area contributed by atoms with Crippen molar-refractivity contribution in [3.8, 4) is 11.8 Å². The van der Waals surface area contributed by atoms with Gasteiger partial charge in [-0.25, -0.2) is 0 Å². The number of aliphatic imine (C=N–C) groups is 1. The minimum absolute atomic E-state index is 0.0100. The van der Waals surface area contributed by atoms with Crippen LogP contribution < -0.4 is 10.1 Å². The standard InChI is InChI=1S/C22H20N4O3S/c23-11-14-12-24-18-4-1-13(9-17(18)20(14)29-16-5-7-28-8-6-16)10-19-21(27)26-22(30-19)25-15-2-3-15/h1,4,9-10,12,15-16H,2-3,5-8H2,(H,25,26,27)/b19-10-. The van der Waals surface area contributed by atoms with Gasteiger partial charge in [0.1, 0.15) is 23.5 Å². The molecular formula is C22H20N4O3S. The molecule has 0 unspecified atom stereocenters. The molecule has 0 atom stereocenters. The summed E-state index contributed by atoms with van der Waals surface area (Å²) in [6, 6.07) is 8.27. The Labute approximate surface area is 178 Å². The lowest BCUT2D eigenvalue weighted by molar-refractivity contribution is -0.115. The third-order valence-corrected chi connectivity index (χ3v) is 6.14. The number of hydrogen-bond donors (Lipinski definition) is 1. The number of carbonyl (C=O) groups excluding carboxylic acids is 1. The zero-order valence-electron chi connectivity index (χ0n) is 16.3. The maximum atomic E-state index is 12.3. The minimum atomic E-state index is -0.137. The van der Waals surface area contributed by atoms with Gasteiger partial charge < -0.3 is 14.8 Å². The predicted octanol–water partition coefficient (Wildman–Crippen LogP) is 3.39. The van der Waals surface area contributed by atoms with Crippen LogP contribution in [-0.4, -0.2) is 41.4 Å². The predicted molar refractivity (Wildman–Crippen MR) is 115 cm³/mol. The molecule has 5 rings (SSSR count). The van der Waals surface area contributed by atoms with E-state index in [1.165, 1.54) is 11.8 Å². The third kappa shape index (κ3) is 4.04. The van der Waals surface area contributed by atoms with Gasteiger partial charge in [-0.2, -0.15) is 5.26 Å². The molecule has 1 aromatic heterocycles. The van der Waals surface area contributed by atoms with Gasteiger partial charge >= 0.3 is 0 Å². The van der Waals surface area contributed by atoms with Crippen LogP contribution in [0.25, 0.3) is 17.0 Å². The Morgan fingerprint density at radius 3 is 2.90 bits per heavy atom. The molecular weight excluding hydrogens is 400 g/mol. The van der Waals surface area contributed by atoms with Gasteiger partial charge in [0.25, 0.3) is 5.91 Å². The molecule has 3 heterocycles. The molecule has 0 bridgehead atoms. The van der Waals surface area contributed by atoms with Crippen LogP contribution in [0.4, 0.5) is 0 Å². The van der Waals surface area contributed by atoms with Crippen molar-refractivity contribution in [1.29, 1.82) is 5.26 Å². The van der Waals surface area contributed by atoms with E-state index >= 15 is 0 Å². The summed E-state index contributed by atoms with van der Waals surface area (Å²) in [5, 5.41) is 13.8. The summed E-state index contributed by atoms with van der Waals surface area (Å²) in [4.78, 5) is 21.8. The van der Waals surface area contributed by atoms with Gasteiger partial charge in [0.2, 0.25) is 0 Å². The van der Waals surface area contributed by atoms with Gasteiger partial charge in [-0.05, 0) is 48.4 Å². The molecule has 1 saturated carbocycles. The van der Waals surface area contributed by atoms with E-state index in [1.54, 1.807) is 6.20 Å². The number of amidine groups is 1. The highest BCUT2D eigenvalue weighted by atomic mass is 32.2. The van der Waals surface area contributed by atoms with E-state index in [9.17, 15) is 10.1 Å². The highest BCUT2D eigenvalue weighted by Crippen LogP contribution is 2.34. The molecule has 1 N–H and O–H groups in total. The summed E-state index contributed by atoms with van der Waals surface area (Å²) < 4.78 is 11.6. The van der Waals surface area contributed by atoms with Crippen LogP contribution in [0.2, 0.25) is 0 Å². The lowest BCUT2D eigenvalue weighted by Gasteiger charge is -2.24. The average molecular weight is 420 g/mol. The van der Waals surface area contributed by atoms with Crippen molar-refractivity contribution in [2.24, 2.45) is 4.99 Å². The number of thioether (sulfide) groups is 1. The van der Waals surface area contributed by atoms with Crippen molar-refractivity contribution in [2.75, 3.05) is 13.2 Å². The van der Waals surface area contributed by atoms with Gasteiger partial charge in [-0.1, -0.05) is 6.07 Å². The Balaban J connectivity index is 1.49. The van der Waals surface area contributed by atoms with E-state index in [0.29, 0.717) is 40.6 Å². The van der Waals surface area contributed by atoms with Crippen LogP contribution in [0.15, 0.2) is 34.3 Å². The van der Waals surface area contributed by atoms with Crippen molar-refractivity contribution >= 4 is 39.8 Å². The number of pyridine rings is 1. The number of fused-ring (bicyclic) bond motifs is 1. The summed E-state index contributed by atoms with van der Waals surface area (Å²) in [5.74, 6) is 0.413. The topological polar surface area (TPSA) is 96.6 Å². The largest absolute Gasteiger partial charge is 0.488 e. The zero-order valence-corrected chi connectivity index (χ0v) is 17.1. The number of aromatic nitrogens is 1. The number of rotatable bonds is 4. The van der Waals surface area contributed by atoms with Crippen molar-refractivity contribution in [2.45, 2.75) is 37.8 Å². The van der Waals surface area contributed by atoms with Crippen LogP contribution in [0.1, 0.15) is 36.8 Å². The van der Waals surface area contributed by atoms with Crippen molar-refractivity contribution in [3.63, 3.8) is 0 Å². The van der Waals surface area contributed by atoms with E-state index < -0.39 is 0 Å². The number of benzene rings is 1. The normalized spacial score (nSPS) is 22.4. The molecule has 3 fully saturated rings. The minimum Gasteiger partial charge on any atom is -0.488 e. The molecule has 3 aliphatic rings. The van der Waals surface area contributed by atoms with Crippen LogP contribution >= 0.6 is 11.8 Å². The molecule has 0 radical (unpaired) electrons. The van der Waals surface area contributed by atoms with E-state index in [4.69, 9.17) is 9.47 Å². The van der Waals surface area contributed by atoms with Crippen LogP contribution in [0.5, 0.6) is 5.75 Å². The highest BCUT2D eigenvalue weighted by Gasteiger charge is 2.28. The first-order valence-corrected chi connectivity index (χ1v) is 10.9. The Morgan fingerprint density at radius 2 is 2.13 bits per heavy atom. The number of ether oxygens (including phenoxy) is 2. The lowest BCUT2D eigenvalue weighted by Crippen LogP contribution is -2.26.